The molecular formula is C18H12N2O. The Morgan fingerprint density at radius 1 is 0.810 bits per heavy atom. The summed E-state index contributed by atoms with van der Waals surface area (Å²) < 4.78 is 5.37. The van der Waals surface area contributed by atoms with E-state index in [0.29, 0.717) is 0 Å². The minimum Gasteiger partial charge on any atom is -0.443 e. The molecule has 0 aliphatic heterocycles. The fourth-order valence-corrected chi connectivity index (χ4v) is 2.52. The molecule has 2 heterocycles. The molecule has 4 rings (SSSR count). The quantitative estimate of drug-likeness (QED) is 0.537. The van der Waals surface area contributed by atoms with Crippen molar-refractivity contribution in [3.63, 3.8) is 0 Å². The third-order valence-electron chi connectivity index (χ3n) is 3.53. The van der Waals surface area contributed by atoms with Crippen LogP contribution in [0.25, 0.3) is 33.4 Å². The summed E-state index contributed by atoms with van der Waals surface area (Å²) in [7, 11) is 0. The minimum atomic E-state index is 0.805. The van der Waals surface area contributed by atoms with Gasteiger partial charge in [0, 0.05) is 23.5 Å². The summed E-state index contributed by atoms with van der Waals surface area (Å²) in [5.41, 5.74) is 6.13. The largest absolute Gasteiger partial charge is 0.443 e. The van der Waals surface area contributed by atoms with Crippen LogP contribution in [0.1, 0.15) is 0 Å². The molecular weight excluding hydrogens is 260 g/mol. The van der Waals surface area contributed by atoms with E-state index >= 15 is 0 Å². The van der Waals surface area contributed by atoms with Gasteiger partial charge in [-0.05, 0) is 29.3 Å². The second kappa shape index (κ2) is 4.87. The van der Waals surface area contributed by atoms with Crippen LogP contribution in [0.2, 0.25) is 0 Å². The predicted octanol–water partition coefficient (Wildman–Crippen LogP) is 4.56. The highest BCUT2D eigenvalue weighted by atomic mass is 16.3. The van der Waals surface area contributed by atoms with Crippen molar-refractivity contribution in [2.24, 2.45) is 0 Å². The van der Waals surface area contributed by atoms with Crippen LogP contribution in [-0.4, -0.2) is 9.97 Å². The first-order chi connectivity index (χ1) is 10.4. The van der Waals surface area contributed by atoms with Crippen LogP contribution >= 0.6 is 0 Å². The van der Waals surface area contributed by atoms with Crippen LogP contribution in [0.3, 0.4) is 0 Å². The minimum absolute atomic E-state index is 0.805. The van der Waals surface area contributed by atoms with Gasteiger partial charge in [0.15, 0.2) is 12.0 Å². The third kappa shape index (κ3) is 2.09. The molecule has 21 heavy (non-hydrogen) atoms. The van der Waals surface area contributed by atoms with Gasteiger partial charge in [0.05, 0.1) is 0 Å². The number of hydrogen-bond acceptors (Lipinski definition) is 3. The molecule has 0 fully saturated rings. The van der Waals surface area contributed by atoms with Crippen LogP contribution in [0, 0.1) is 0 Å². The van der Waals surface area contributed by atoms with Gasteiger partial charge in [0.2, 0.25) is 0 Å². The highest BCUT2D eigenvalue weighted by molar-refractivity contribution is 5.91. The summed E-state index contributed by atoms with van der Waals surface area (Å²) in [5, 5.41) is 0. The van der Waals surface area contributed by atoms with Crippen LogP contribution in [0.4, 0.5) is 0 Å². The van der Waals surface area contributed by atoms with Crippen molar-refractivity contribution in [1.29, 1.82) is 0 Å². The van der Waals surface area contributed by atoms with Crippen molar-refractivity contribution in [1.82, 2.24) is 9.97 Å². The number of nitrogens with zero attached hydrogens (tertiary/aromatic N) is 2. The Balaban J connectivity index is 1.88. The lowest BCUT2D eigenvalue weighted by molar-refractivity contribution is 0.602. The SMILES string of the molecule is c1cncc(-c2cccc(-c3cccc4ocnc34)c2)c1. The predicted molar refractivity (Wildman–Crippen MR) is 82.7 cm³/mol. The second-order valence-electron chi connectivity index (χ2n) is 4.83. The molecule has 3 heteroatoms. The molecule has 0 amide bonds. The van der Waals surface area contributed by atoms with Crippen LogP contribution in [-0.2, 0) is 0 Å². The molecule has 3 nitrogen and oxygen atoms in total. The summed E-state index contributed by atoms with van der Waals surface area (Å²) in [6.45, 7) is 0. The van der Waals surface area contributed by atoms with E-state index in [1.807, 2.05) is 24.4 Å². The number of hydrogen-bond donors (Lipinski definition) is 0. The maximum absolute atomic E-state index is 5.37. The maximum Gasteiger partial charge on any atom is 0.182 e. The zero-order valence-electron chi connectivity index (χ0n) is 11.2. The molecule has 0 saturated heterocycles. The Morgan fingerprint density at radius 3 is 2.57 bits per heavy atom. The molecule has 0 radical (unpaired) electrons. The highest BCUT2D eigenvalue weighted by Gasteiger charge is 2.08. The molecule has 0 N–H and O–H groups in total. The first-order valence-electron chi connectivity index (χ1n) is 6.75. The van der Waals surface area contributed by atoms with Crippen molar-refractivity contribution in [3.05, 3.63) is 73.4 Å². The Morgan fingerprint density at radius 2 is 1.67 bits per heavy atom. The fraction of sp³-hybridized carbons (Fsp3) is 0. The number of pyridine rings is 1. The first-order valence-corrected chi connectivity index (χ1v) is 6.75. The lowest BCUT2D eigenvalue weighted by Crippen LogP contribution is -1.83. The summed E-state index contributed by atoms with van der Waals surface area (Å²) in [6.07, 6.45) is 5.14. The first kappa shape index (κ1) is 11.9. The number of para-hydroxylation sites is 1. The van der Waals surface area contributed by atoms with Gasteiger partial charge < -0.3 is 4.42 Å². The number of oxazole rings is 1. The van der Waals surface area contributed by atoms with E-state index in [1.54, 1.807) is 6.20 Å². The average Bonchev–Trinajstić information content (AvgIpc) is 3.04. The van der Waals surface area contributed by atoms with Gasteiger partial charge in [-0.1, -0.05) is 36.4 Å². The fourth-order valence-electron chi connectivity index (χ4n) is 2.52. The monoisotopic (exact) mass is 272 g/mol. The molecule has 0 atom stereocenters. The number of fused-ring (bicyclic) bond motifs is 1. The van der Waals surface area contributed by atoms with Gasteiger partial charge in [-0.2, -0.15) is 0 Å². The van der Waals surface area contributed by atoms with E-state index in [-0.39, 0.29) is 0 Å². The zero-order chi connectivity index (χ0) is 14.1. The molecule has 0 unspecified atom stereocenters. The van der Waals surface area contributed by atoms with Gasteiger partial charge in [0.1, 0.15) is 5.52 Å². The summed E-state index contributed by atoms with van der Waals surface area (Å²) in [4.78, 5) is 8.50. The van der Waals surface area contributed by atoms with Crippen molar-refractivity contribution >= 4 is 11.1 Å². The normalized spacial score (nSPS) is 10.9. The van der Waals surface area contributed by atoms with E-state index < -0.39 is 0 Å². The topological polar surface area (TPSA) is 38.9 Å². The molecule has 0 aliphatic rings. The molecule has 2 aromatic carbocycles. The molecule has 0 spiro atoms. The molecule has 4 aromatic rings. The van der Waals surface area contributed by atoms with Crippen LogP contribution in [0.5, 0.6) is 0 Å². The molecule has 0 aliphatic carbocycles. The molecule has 0 saturated carbocycles. The lowest BCUT2D eigenvalue weighted by atomic mass is 9.99. The maximum atomic E-state index is 5.37. The smallest absolute Gasteiger partial charge is 0.182 e. The Hall–Kier alpha value is -2.94. The van der Waals surface area contributed by atoms with E-state index in [1.165, 1.54) is 6.39 Å². The van der Waals surface area contributed by atoms with Crippen LogP contribution < -0.4 is 0 Å². The number of benzene rings is 2. The van der Waals surface area contributed by atoms with Crippen molar-refractivity contribution in [2.45, 2.75) is 0 Å². The third-order valence-corrected chi connectivity index (χ3v) is 3.53. The lowest BCUT2D eigenvalue weighted by Gasteiger charge is -2.06. The summed E-state index contributed by atoms with van der Waals surface area (Å²) >= 11 is 0. The average molecular weight is 272 g/mol. The van der Waals surface area contributed by atoms with E-state index in [4.69, 9.17) is 4.42 Å². The Kier molecular flexibility index (Phi) is 2.75. The Labute approximate surface area is 121 Å². The van der Waals surface area contributed by atoms with Gasteiger partial charge in [0.25, 0.3) is 0 Å². The van der Waals surface area contributed by atoms with E-state index in [0.717, 1.165) is 33.4 Å². The molecule has 100 valence electrons. The van der Waals surface area contributed by atoms with E-state index in [9.17, 15) is 0 Å². The standard InChI is InChI=1S/C18H12N2O/c1-4-13(15-6-3-9-19-11-15)10-14(5-1)16-7-2-8-17-18(16)20-12-21-17/h1-12H. The van der Waals surface area contributed by atoms with Gasteiger partial charge in [-0.25, -0.2) is 4.98 Å². The number of rotatable bonds is 2. The van der Waals surface area contributed by atoms with Gasteiger partial charge >= 0.3 is 0 Å². The van der Waals surface area contributed by atoms with Gasteiger partial charge in [-0.3, -0.25) is 4.98 Å². The molecule has 0 bridgehead atoms. The zero-order valence-corrected chi connectivity index (χ0v) is 11.2. The summed E-state index contributed by atoms with van der Waals surface area (Å²) in [5.74, 6) is 0. The van der Waals surface area contributed by atoms with Crippen molar-refractivity contribution in [3.8, 4) is 22.3 Å². The second-order valence-corrected chi connectivity index (χ2v) is 4.83. The Bertz CT molecular complexity index is 897. The molecule has 2 aromatic heterocycles. The summed E-state index contributed by atoms with van der Waals surface area (Å²) in [6, 6.07) is 18.4. The van der Waals surface area contributed by atoms with E-state index in [2.05, 4.69) is 46.4 Å². The highest BCUT2D eigenvalue weighted by Crippen LogP contribution is 2.30. The van der Waals surface area contributed by atoms with Crippen molar-refractivity contribution < 1.29 is 4.42 Å². The van der Waals surface area contributed by atoms with Crippen LogP contribution in [0.15, 0.2) is 77.8 Å². The van der Waals surface area contributed by atoms with Gasteiger partial charge in [-0.15, -0.1) is 0 Å². The number of aromatic nitrogens is 2. The van der Waals surface area contributed by atoms with Crippen molar-refractivity contribution in [2.75, 3.05) is 0 Å².